The average molecular weight is 1180 g/mol. The molecule has 0 spiro atoms. The third kappa shape index (κ3) is 16.5. The molecule has 9 rings (SSSR count). The molecule has 10 N–H and O–H groups in total. The number of hydrogen-bond donors (Lipinski definition) is 6. The summed E-state index contributed by atoms with van der Waals surface area (Å²) in [5.74, 6) is -1.52. The molecule has 2 aliphatic rings. The maximum atomic E-state index is 14.0. The number of aromatic nitrogens is 8. The van der Waals surface area contributed by atoms with E-state index in [1.807, 2.05) is 168 Å². The van der Waals surface area contributed by atoms with Crippen molar-refractivity contribution >= 4 is 68.2 Å². The molecule has 0 amide bonds. The normalized spacial score (nSPS) is 12.2. The fourth-order valence-electron chi connectivity index (χ4n) is 10.7. The van der Waals surface area contributed by atoms with Gasteiger partial charge in [0.25, 0.3) is 0 Å². The minimum atomic E-state index is -0.438. The fraction of sp³-hybridized carbons (Fsp3) is 0.343. The first-order chi connectivity index (χ1) is 42.2. The van der Waals surface area contributed by atoms with Gasteiger partial charge in [0.1, 0.15) is 26.4 Å². The molecule has 7 aromatic rings. The van der Waals surface area contributed by atoms with Gasteiger partial charge in [-0.15, -0.1) is 0 Å². The molecule has 0 unspecified atom stereocenters. The number of aromatic amines is 2. The lowest BCUT2D eigenvalue weighted by molar-refractivity contribution is -0.694. The van der Waals surface area contributed by atoms with E-state index in [9.17, 15) is 19.2 Å². The zero-order valence-corrected chi connectivity index (χ0v) is 50.2. The summed E-state index contributed by atoms with van der Waals surface area (Å²) in [6.07, 6.45) is 16.5. The first kappa shape index (κ1) is 62.5. The number of nitrogens with zero attached hydrogens (tertiary/aromatic N) is 6. The number of ether oxygens (including phenoxy) is 4. The molecule has 20 nitrogen and oxygen atoms in total. The van der Waals surface area contributed by atoms with Crippen LogP contribution in [0.1, 0.15) is 113 Å². The first-order valence-electron chi connectivity index (χ1n) is 29.7. The zero-order valence-electron chi connectivity index (χ0n) is 50.2. The second kappa shape index (κ2) is 29.8. The number of hydrogen-bond acceptors (Lipinski definition) is 14. The van der Waals surface area contributed by atoms with Gasteiger partial charge < -0.3 is 51.9 Å². The molecule has 0 radical (unpaired) electrons. The average Bonchev–Trinajstić information content (AvgIpc) is 1.97. The zero-order chi connectivity index (χ0) is 61.4. The molecule has 87 heavy (non-hydrogen) atoms. The predicted octanol–water partition coefficient (Wildman–Crippen LogP) is 5.79. The molecule has 7 aromatic heterocycles. The molecule has 0 aliphatic carbocycles. The Morgan fingerprint density at radius 2 is 0.724 bits per heavy atom. The fourth-order valence-corrected chi connectivity index (χ4v) is 10.7. The quantitative estimate of drug-likeness (QED) is 0.0202. The molecule has 452 valence electrons. The van der Waals surface area contributed by atoms with E-state index in [0.717, 1.165) is 77.8 Å². The van der Waals surface area contributed by atoms with Crippen LogP contribution >= 0.6 is 0 Å². The molecule has 8 bridgehead atoms. The molecule has 0 saturated heterocycles. The number of aryl methyl sites for hydroxylation is 4. The van der Waals surface area contributed by atoms with E-state index >= 15 is 0 Å². The van der Waals surface area contributed by atoms with Crippen LogP contribution in [0, 0.1) is 13.8 Å². The van der Waals surface area contributed by atoms with Crippen molar-refractivity contribution in [3.05, 3.63) is 190 Å². The Kier molecular flexibility index (Phi) is 21.4. The number of nitrogens with two attached hydrogens (primary N) is 4. The Morgan fingerprint density at radius 3 is 1.10 bits per heavy atom. The lowest BCUT2D eigenvalue weighted by atomic mass is 9.99. The monoisotopic (exact) mass is 1180 g/mol. The standard InChI is InChI=1S/C67H80N12O8/c1-44-52(5-8-64(80)84-40-48-11-23-76(24-12-48)31-19-68)60-37-59-47(4)55(35-67(83)87-43-51-17-29-79(30-18-51)34-22-71)63(75-59)38-58-46(3)54(7-10-66(82)86-42-50-15-27-78(28-16-50)33-21-70)62(74-58)39-61-53(45(2)57(73-61)36-56(44)72-60)6-9-65(81)85-41-49-13-25-77(26-14-49)32-20-69/h11-18,23-30,36-39,73-74H,5-10,19-22,31-35,40-43,68-71H2,1-4H3/q+4. The minimum absolute atomic E-state index is 0.0724. The summed E-state index contributed by atoms with van der Waals surface area (Å²) in [5.41, 5.74) is 38.4. The summed E-state index contributed by atoms with van der Waals surface area (Å²) < 4.78 is 31.2. The Hall–Kier alpha value is -9.08. The summed E-state index contributed by atoms with van der Waals surface area (Å²) in [7, 11) is 0. The van der Waals surface area contributed by atoms with E-state index in [-0.39, 0.29) is 70.0 Å². The SMILES string of the molecule is CC1=C(CCC(=O)OCc2cc[n+](CCN)cc2)c2cc3nc(cc4[nH]c(cc5[nH]c(cc1n2)c(C)c5CCC(=O)OCc1cc[n+](CCN)cc1)c(CCC(=O)OCc1cc[n+](CCN)cc1)c4C)C(CC(=O)OCc1cc[n+](CCN)cc1)=C3C. The van der Waals surface area contributed by atoms with Gasteiger partial charge in [-0.2, -0.15) is 0 Å². The smallest absolute Gasteiger partial charge is 0.310 e. The van der Waals surface area contributed by atoms with Crippen LogP contribution in [-0.2, 0) is 104 Å². The number of carbonyl (C=O) groups is 4. The van der Waals surface area contributed by atoms with E-state index in [1.54, 1.807) is 0 Å². The maximum absolute atomic E-state index is 14.0. The van der Waals surface area contributed by atoms with Gasteiger partial charge >= 0.3 is 23.9 Å². The molecule has 0 aromatic carbocycles. The molecular weight excluding hydrogens is 1100 g/mol. The summed E-state index contributed by atoms with van der Waals surface area (Å²) in [4.78, 5) is 72.6. The molecule has 20 heteroatoms. The number of nitrogens with one attached hydrogen (secondary N) is 2. The van der Waals surface area contributed by atoms with Crippen LogP contribution in [0.5, 0.6) is 0 Å². The third-order valence-corrected chi connectivity index (χ3v) is 15.8. The van der Waals surface area contributed by atoms with Crippen molar-refractivity contribution in [1.82, 2.24) is 19.9 Å². The number of carbonyl (C=O) groups excluding carboxylic acids is 4. The van der Waals surface area contributed by atoms with Gasteiger partial charge in [0.05, 0.1) is 55.4 Å². The van der Waals surface area contributed by atoms with Gasteiger partial charge in [0.15, 0.2) is 75.8 Å². The van der Waals surface area contributed by atoms with Gasteiger partial charge in [0.2, 0.25) is 0 Å². The number of esters is 4. The van der Waals surface area contributed by atoms with Crippen LogP contribution in [0.4, 0.5) is 0 Å². The largest absolute Gasteiger partial charge is 0.461 e. The molecular formula is C67H80N12O8+4. The van der Waals surface area contributed by atoms with Gasteiger partial charge in [-0.1, -0.05) is 0 Å². The van der Waals surface area contributed by atoms with Crippen LogP contribution in [0.3, 0.4) is 0 Å². The summed E-state index contributed by atoms with van der Waals surface area (Å²) in [6, 6.07) is 23.2. The van der Waals surface area contributed by atoms with Crippen molar-refractivity contribution in [2.45, 2.75) is 125 Å². The Morgan fingerprint density at radius 1 is 0.402 bits per heavy atom. The van der Waals surface area contributed by atoms with Crippen molar-refractivity contribution in [3.63, 3.8) is 0 Å². The molecule has 9 heterocycles. The number of H-pyrrole nitrogens is 2. The Labute approximate surface area is 506 Å². The van der Waals surface area contributed by atoms with E-state index in [0.29, 0.717) is 105 Å². The van der Waals surface area contributed by atoms with E-state index in [2.05, 4.69) is 9.97 Å². The number of pyridine rings is 4. The molecule has 0 fully saturated rings. The first-order valence-corrected chi connectivity index (χ1v) is 29.7. The maximum Gasteiger partial charge on any atom is 0.310 e. The van der Waals surface area contributed by atoms with Crippen LogP contribution in [0.2, 0.25) is 0 Å². The molecule has 0 atom stereocenters. The molecule has 0 saturated carbocycles. The van der Waals surface area contributed by atoms with E-state index in [1.165, 1.54) is 0 Å². The van der Waals surface area contributed by atoms with Crippen molar-refractivity contribution in [2.24, 2.45) is 22.9 Å². The highest BCUT2D eigenvalue weighted by Crippen LogP contribution is 2.38. The highest BCUT2D eigenvalue weighted by atomic mass is 16.5. The van der Waals surface area contributed by atoms with E-state index in [4.69, 9.17) is 51.9 Å². The molecule has 2 aliphatic heterocycles. The minimum Gasteiger partial charge on any atom is -0.461 e. The van der Waals surface area contributed by atoms with Crippen molar-refractivity contribution < 1.29 is 56.4 Å². The number of rotatable bonds is 27. The van der Waals surface area contributed by atoms with Crippen molar-refractivity contribution in [2.75, 3.05) is 26.2 Å². The van der Waals surface area contributed by atoms with Gasteiger partial charge in [-0.3, -0.25) is 19.2 Å². The second-order valence-corrected chi connectivity index (χ2v) is 21.9. The van der Waals surface area contributed by atoms with Gasteiger partial charge in [-0.25, -0.2) is 28.2 Å². The van der Waals surface area contributed by atoms with Crippen LogP contribution < -0.4 is 41.2 Å². The Bertz CT molecular complexity index is 3850. The third-order valence-electron chi connectivity index (χ3n) is 15.8. The summed E-state index contributed by atoms with van der Waals surface area (Å²) >= 11 is 0. The number of fused-ring (bicyclic) bond motifs is 8. The van der Waals surface area contributed by atoms with Gasteiger partial charge in [-0.05, 0) is 116 Å². The van der Waals surface area contributed by atoms with Crippen LogP contribution in [-0.4, -0.2) is 70.0 Å². The van der Waals surface area contributed by atoms with Gasteiger partial charge in [0, 0.05) is 112 Å². The summed E-state index contributed by atoms with van der Waals surface area (Å²) in [5, 5.41) is 0. The lowest BCUT2D eigenvalue weighted by Gasteiger charge is -2.07. The van der Waals surface area contributed by atoms with Crippen molar-refractivity contribution in [1.29, 1.82) is 0 Å². The van der Waals surface area contributed by atoms with E-state index < -0.39 is 5.97 Å². The summed E-state index contributed by atoms with van der Waals surface area (Å²) in [6.45, 7) is 13.1. The highest BCUT2D eigenvalue weighted by Gasteiger charge is 2.25. The van der Waals surface area contributed by atoms with Crippen molar-refractivity contribution in [3.8, 4) is 0 Å². The van der Waals surface area contributed by atoms with Crippen LogP contribution in [0.25, 0.3) is 44.4 Å². The number of allylic oxidation sites excluding steroid dienone is 3. The second-order valence-electron chi connectivity index (χ2n) is 21.9. The lowest BCUT2D eigenvalue weighted by Crippen LogP contribution is -2.36. The topological polar surface area (TPSA) is 282 Å². The highest BCUT2D eigenvalue weighted by molar-refractivity contribution is 6.00. The predicted molar refractivity (Wildman–Crippen MR) is 328 cm³/mol. The Balaban J connectivity index is 1.11. The van der Waals surface area contributed by atoms with Crippen LogP contribution in [0.15, 0.2) is 122 Å².